The van der Waals surface area contributed by atoms with Crippen LogP contribution >= 0.6 is 0 Å². The van der Waals surface area contributed by atoms with E-state index in [0.717, 1.165) is 27.8 Å². The lowest BCUT2D eigenvalue weighted by atomic mass is 10.1. The summed E-state index contributed by atoms with van der Waals surface area (Å²) < 4.78 is 28.7. The van der Waals surface area contributed by atoms with Crippen molar-refractivity contribution in [1.29, 1.82) is 0 Å². The molecule has 3 rings (SSSR count). The second-order valence-corrected chi connectivity index (χ2v) is 8.85. The molecule has 0 atom stereocenters. The SMILES string of the molecule is Cc1cc(C)c(S(=O)(=O)N(Cc2ccccc2)Cc2ccccc2)cc1C. The average molecular weight is 380 g/mol. The van der Waals surface area contributed by atoms with Gasteiger partial charge in [0.25, 0.3) is 0 Å². The second kappa shape index (κ2) is 8.07. The van der Waals surface area contributed by atoms with Gasteiger partial charge < -0.3 is 0 Å². The Morgan fingerprint density at radius 1 is 0.667 bits per heavy atom. The van der Waals surface area contributed by atoms with E-state index in [0.29, 0.717) is 18.0 Å². The van der Waals surface area contributed by atoms with Crippen molar-refractivity contribution in [3.63, 3.8) is 0 Å². The van der Waals surface area contributed by atoms with Gasteiger partial charge in [-0.3, -0.25) is 0 Å². The van der Waals surface area contributed by atoms with Gasteiger partial charge in [0.2, 0.25) is 10.0 Å². The van der Waals surface area contributed by atoms with E-state index in [9.17, 15) is 8.42 Å². The van der Waals surface area contributed by atoms with Gasteiger partial charge in [0.1, 0.15) is 0 Å². The third-order valence-corrected chi connectivity index (χ3v) is 6.75. The van der Waals surface area contributed by atoms with Crippen LogP contribution < -0.4 is 0 Å². The van der Waals surface area contributed by atoms with E-state index in [1.165, 1.54) is 0 Å². The molecule has 3 nitrogen and oxygen atoms in total. The smallest absolute Gasteiger partial charge is 0.207 e. The summed E-state index contributed by atoms with van der Waals surface area (Å²) in [6, 6.07) is 23.2. The minimum absolute atomic E-state index is 0.338. The zero-order chi connectivity index (χ0) is 19.4. The Balaban J connectivity index is 2.04. The van der Waals surface area contributed by atoms with Gasteiger partial charge in [0.05, 0.1) is 4.90 Å². The van der Waals surface area contributed by atoms with Crippen molar-refractivity contribution in [1.82, 2.24) is 4.31 Å². The fourth-order valence-electron chi connectivity index (χ4n) is 3.15. The van der Waals surface area contributed by atoms with Crippen LogP contribution in [0.25, 0.3) is 0 Å². The van der Waals surface area contributed by atoms with E-state index in [-0.39, 0.29) is 0 Å². The van der Waals surface area contributed by atoms with Crippen molar-refractivity contribution in [2.75, 3.05) is 0 Å². The first kappa shape index (κ1) is 19.3. The summed E-state index contributed by atoms with van der Waals surface area (Å²) in [5.74, 6) is 0. The van der Waals surface area contributed by atoms with Crippen LogP contribution in [0.15, 0.2) is 77.7 Å². The van der Waals surface area contributed by atoms with Gasteiger partial charge in [0, 0.05) is 13.1 Å². The van der Waals surface area contributed by atoms with Gasteiger partial charge in [0.15, 0.2) is 0 Å². The molecule has 3 aromatic carbocycles. The van der Waals surface area contributed by atoms with E-state index in [4.69, 9.17) is 0 Å². The Morgan fingerprint density at radius 2 is 1.11 bits per heavy atom. The number of hydrogen-bond acceptors (Lipinski definition) is 2. The van der Waals surface area contributed by atoms with E-state index < -0.39 is 10.0 Å². The molecule has 140 valence electrons. The molecule has 0 fully saturated rings. The van der Waals surface area contributed by atoms with Crippen molar-refractivity contribution in [3.05, 3.63) is 101 Å². The van der Waals surface area contributed by atoms with Crippen molar-refractivity contribution >= 4 is 10.0 Å². The topological polar surface area (TPSA) is 37.4 Å². The number of rotatable bonds is 6. The quantitative estimate of drug-likeness (QED) is 0.604. The molecular weight excluding hydrogens is 354 g/mol. The molecule has 0 N–H and O–H groups in total. The minimum Gasteiger partial charge on any atom is -0.207 e. The van der Waals surface area contributed by atoms with Gasteiger partial charge in [-0.1, -0.05) is 66.7 Å². The third kappa shape index (κ3) is 4.46. The average Bonchev–Trinajstić information content (AvgIpc) is 2.66. The van der Waals surface area contributed by atoms with Gasteiger partial charge >= 0.3 is 0 Å². The molecule has 3 aromatic rings. The van der Waals surface area contributed by atoms with Crippen molar-refractivity contribution in [2.45, 2.75) is 38.8 Å². The van der Waals surface area contributed by atoms with E-state index >= 15 is 0 Å². The monoisotopic (exact) mass is 379 g/mol. The molecule has 0 aliphatic rings. The summed E-state index contributed by atoms with van der Waals surface area (Å²) in [5.41, 5.74) is 4.81. The molecule has 27 heavy (non-hydrogen) atoms. The Morgan fingerprint density at radius 3 is 1.59 bits per heavy atom. The maximum atomic E-state index is 13.6. The number of hydrogen-bond donors (Lipinski definition) is 0. The summed E-state index contributed by atoms with van der Waals surface area (Å²) in [6.07, 6.45) is 0. The molecule has 0 saturated heterocycles. The predicted octanol–water partition coefficient (Wildman–Crippen LogP) is 5.00. The number of nitrogens with zero attached hydrogens (tertiary/aromatic N) is 1. The molecule has 0 unspecified atom stereocenters. The molecule has 0 aliphatic heterocycles. The molecule has 0 spiro atoms. The first-order chi connectivity index (χ1) is 12.9. The Kier molecular flexibility index (Phi) is 5.78. The lowest BCUT2D eigenvalue weighted by Crippen LogP contribution is -2.31. The highest BCUT2D eigenvalue weighted by Crippen LogP contribution is 2.26. The summed E-state index contributed by atoms with van der Waals surface area (Å²) in [5, 5.41) is 0. The van der Waals surface area contributed by atoms with Gasteiger partial charge in [-0.2, -0.15) is 4.31 Å². The van der Waals surface area contributed by atoms with Crippen LogP contribution in [-0.4, -0.2) is 12.7 Å². The molecule has 0 radical (unpaired) electrons. The van der Waals surface area contributed by atoms with Crippen LogP contribution in [0, 0.1) is 20.8 Å². The fourth-order valence-corrected chi connectivity index (χ4v) is 4.86. The van der Waals surface area contributed by atoms with Crippen LogP contribution in [0.2, 0.25) is 0 Å². The number of aryl methyl sites for hydroxylation is 3. The summed E-state index contributed by atoms with van der Waals surface area (Å²) in [7, 11) is -3.63. The van der Waals surface area contributed by atoms with Crippen molar-refractivity contribution in [2.24, 2.45) is 0 Å². The molecule has 0 aliphatic carbocycles. The van der Waals surface area contributed by atoms with Crippen molar-refractivity contribution < 1.29 is 8.42 Å². The minimum atomic E-state index is -3.63. The zero-order valence-electron chi connectivity index (χ0n) is 16.0. The first-order valence-corrected chi connectivity index (χ1v) is 10.5. The van der Waals surface area contributed by atoms with Gasteiger partial charge in [-0.15, -0.1) is 0 Å². The Labute approximate surface area is 162 Å². The zero-order valence-corrected chi connectivity index (χ0v) is 16.8. The molecule has 0 saturated carbocycles. The van der Waals surface area contributed by atoms with Crippen molar-refractivity contribution in [3.8, 4) is 0 Å². The fraction of sp³-hybridized carbons (Fsp3) is 0.217. The maximum Gasteiger partial charge on any atom is 0.243 e. The molecule has 0 amide bonds. The van der Waals surface area contributed by atoms with Crippen LogP contribution in [0.5, 0.6) is 0 Å². The largest absolute Gasteiger partial charge is 0.243 e. The van der Waals surface area contributed by atoms with Crippen LogP contribution in [0.3, 0.4) is 0 Å². The lowest BCUT2D eigenvalue weighted by molar-refractivity contribution is 0.401. The molecule has 0 aromatic heterocycles. The first-order valence-electron chi connectivity index (χ1n) is 9.04. The summed E-state index contributed by atoms with van der Waals surface area (Å²) in [6.45, 7) is 6.49. The number of benzene rings is 3. The summed E-state index contributed by atoms with van der Waals surface area (Å²) >= 11 is 0. The number of sulfonamides is 1. The molecule has 0 bridgehead atoms. The lowest BCUT2D eigenvalue weighted by Gasteiger charge is -2.24. The standard InChI is InChI=1S/C23H25NO2S/c1-18-14-20(3)23(15-19(18)2)27(25,26)24(16-21-10-6-4-7-11-21)17-22-12-8-5-9-13-22/h4-15H,16-17H2,1-3H3. The van der Waals surface area contributed by atoms with Crippen LogP contribution in [0.1, 0.15) is 27.8 Å². The Bertz CT molecular complexity index is 972. The van der Waals surface area contributed by atoms with E-state index in [1.54, 1.807) is 10.4 Å². The van der Waals surface area contributed by atoms with Crippen LogP contribution in [0.4, 0.5) is 0 Å². The molecular formula is C23H25NO2S. The molecule has 4 heteroatoms. The third-order valence-electron chi connectivity index (χ3n) is 4.81. The van der Waals surface area contributed by atoms with E-state index in [1.807, 2.05) is 87.5 Å². The van der Waals surface area contributed by atoms with Crippen LogP contribution in [-0.2, 0) is 23.1 Å². The highest BCUT2D eigenvalue weighted by Gasteiger charge is 2.27. The maximum absolute atomic E-state index is 13.6. The normalized spacial score (nSPS) is 11.7. The van der Waals surface area contributed by atoms with E-state index in [2.05, 4.69) is 0 Å². The highest BCUT2D eigenvalue weighted by molar-refractivity contribution is 7.89. The summed E-state index contributed by atoms with van der Waals surface area (Å²) in [4.78, 5) is 0.387. The predicted molar refractivity (Wildman–Crippen MR) is 110 cm³/mol. The Hall–Kier alpha value is -2.43. The second-order valence-electron chi connectivity index (χ2n) is 6.95. The van der Waals surface area contributed by atoms with Gasteiger partial charge in [-0.05, 0) is 54.7 Å². The highest BCUT2D eigenvalue weighted by atomic mass is 32.2. The molecule has 0 heterocycles. The van der Waals surface area contributed by atoms with Gasteiger partial charge in [-0.25, -0.2) is 8.42 Å².